The largest absolute Gasteiger partial charge is 0.481 e. The minimum atomic E-state index is -4.83. The van der Waals surface area contributed by atoms with E-state index < -0.39 is 35.2 Å². The lowest BCUT2D eigenvalue weighted by Crippen LogP contribution is -2.31. The number of rotatable bonds is 4. The number of carbonyl (C=O) groups excluding carboxylic acids is 1. The number of carboxylic acid groups (broad SMARTS) is 1. The number of aliphatic carboxylic acids is 1. The molecule has 0 saturated heterocycles. The number of carboxylic acids is 1. The molecule has 0 atom stereocenters. The maximum atomic E-state index is 12.8. The third-order valence-corrected chi connectivity index (χ3v) is 2.16. The molecular formula is C11H10F4N2O3. The lowest BCUT2D eigenvalue weighted by molar-refractivity contribution is -0.137. The van der Waals surface area contributed by atoms with E-state index in [1.54, 1.807) is 0 Å². The van der Waals surface area contributed by atoms with Gasteiger partial charge in [0.2, 0.25) is 0 Å². The van der Waals surface area contributed by atoms with Crippen molar-refractivity contribution in [2.24, 2.45) is 0 Å². The highest BCUT2D eigenvalue weighted by Crippen LogP contribution is 2.35. The number of halogens is 4. The standard InChI is InChI=1S/C11H10F4N2O3/c12-6-1-2-8(7(5-6)11(13,14)15)17-10(20)16-4-3-9(18)19/h1-2,5H,3-4H2,(H,18,19)(H2,16,17,20). The summed E-state index contributed by atoms with van der Waals surface area (Å²) in [5, 5.41) is 12.3. The third-order valence-electron chi connectivity index (χ3n) is 2.16. The molecule has 3 N–H and O–H groups in total. The summed E-state index contributed by atoms with van der Waals surface area (Å²) in [7, 11) is 0. The van der Waals surface area contributed by atoms with Gasteiger partial charge in [0.25, 0.3) is 0 Å². The highest BCUT2D eigenvalue weighted by molar-refractivity contribution is 5.90. The average Bonchev–Trinajstić information content (AvgIpc) is 2.29. The fourth-order valence-electron chi connectivity index (χ4n) is 1.31. The van der Waals surface area contributed by atoms with Crippen LogP contribution in [0.1, 0.15) is 12.0 Å². The van der Waals surface area contributed by atoms with Crippen LogP contribution in [0.15, 0.2) is 18.2 Å². The van der Waals surface area contributed by atoms with Gasteiger partial charge in [0.05, 0.1) is 17.7 Å². The van der Waals surface area contributed by atoms with Crippen molar-refractivity contribution in [2.75, 3.05) is 11.9 Å². The maximum Gasteiger partial charge on any atom is 0.418 e. The summed E-state index contributed by atoms with van der Waals surface area (Å²) in [5.41, 5.74) is -1.95. The molecule has 0 saturated carbocycles. The number of anilines is 1. The Kier molecular flexibility index (Phi) is 4.89. The van der Waals surface area contributed by atoms with Gasteiger partial charge in [-0.25, -0.2) is 9.18 Å². The Morgan fingerprint density at radius 1 is 1.25 bits per heavy atom. The fourth-order valence-corrected chi connectivity index (χ4v) is 1.31. The molecule has 1 aromatic carbocycles. The Hall–Kier alpha value is -2.32. The van der Waals surface area contributed by atoms with E-state index in [2.05, 4.69) is 5.32 Å². The average molecular weight is 294 g/mol. The van der Waals surface area contributed by atoms with Crippen molar-refractivity contribution >= 4 is 17.7 Å². The van der Waals surface area contributed by atoms with Crippen LogP contribution in [-0.4, -0.2) is 23.7 Å². The number of urea groups is 1. The number of hydrogen-bond donors (Lipinski definition) is 3. The molecule has 0 aliphatic heterocycles. The molecule has 0 aliphatic rings. The van der Waals surface area contributed by atoms with Crippen molar-refractivity contribution < 1.29 is 32.3 Å². The monoisotopic (exact) mass is 294 g/mol. The van der Waals surface area contributed by atoms with Crippen molar-refractivity contribution in [1.29, 1.82) is 0 Å². The summed E-state index contributed by atoms with van der Waals surface area (Å²) >= 11 is 0. The molecule has 2 amide bonds. The van der Waals surface area contributed by atoms with Crippen LogP contribution in [0, 0.1) is 5.82 Å². The van der Waals surface area contributed by atoms with E-state index in [0.29, 0.717) is 0 Å². The molecule has 0 spiro atoms. The van der Waals surface area contributed by atoms with Gasteiger partial charge in [0, 0.05) is 6.54 Å². The van der Waals surface area contributed by atoms with Crippen LogP contribution < -0.4 is 10.6 Å². The predicted octanol–water partition coefficient (Wildman–Crippen LogP) is 2.44. The molecule has 9 heteroatoms. The first-order valence-corrected chi connectivity index (χ1v) is 5.33. The highest BCUT2D eigenvalue weighted by atomic mass is 19.4. The van der Waals surface area contributed by atoms with E-state index in [-0.39, 0.29) is 19.0 Å². The second-order valence-electron chi connectivity index (χ2n) is 3.71. The van der Waals surface area contributed by atoms with Gasteiger partial charge in [0.15, 0.2) is 0 Å². The molecule has 20 heavy (non-hydrogen) atoms. The predicted molar refractivity (Wildman–Crippen MR) is 60.7 cm³/mol. The van der Waals surface area contributed by atoms with E-state index in [1.165, 1.54) is 0 Å². The molecule has 0 unspecified atom stereocenters. The number of nitrogens with one attached hydrogen (secondary N) is 2. The summed E-state index contributed by atoms with van der Waals surface area (Å²) in [4.78, 5) is 21.5. The highest BCUT2D eigenvalue weighted by Gasteiger charge is 2.34. The van der Waals surface area contributed by atoms with Crippen LogP contribution in [0.4, 0.5) is 28.0 Å². The zero-order valence-corrected chi connectivity index (χ0v) is 9.92. The van der Waals surface area contributed by atoms with E-state index >= 15 is 0 Å². The van der Waals surface area contributed by atoms with Crippen molar-refractivity contribution in [1.82, 2.24) is 5.32 Å². The van der Waals surface area contributed by atoms with Crippen molar-refractivity contribution in [2.45, 2.75) is 12.6 Å². The number of hydrogen-bond acceptors (Lipinski definition) is 2. The second-order valence-corrected chi connectivity index (χ2v) is 3.71. The van der Waals surface area contributed by atoms with Gasteiger partial charge < -0.3 is 15.7 Å². The van der Waals surface area contributed by atoms with Crippen LogP contribution in [0.3, 0.4) is 0 Å². The van der Waals surface area contributed by atoms with Crippen LogP contribution in [0.5, 0.6) is 0 Å². The molecule has 0 aromatic heterocycles. The topological polar surface area (TPSA) is 78.4 Å². The molecular weight excluding hydrogens is 284 g/mol. The quantitative estimate of drug-likeness (QED) is 0.746. The first-order chi connectivity index (χ1) is 9.20. The van der Waals surface area contributed by atoms with Crippen LogP contribution in [-0.2, 0) is 11.0 Å². The van der Waals surface area contributed by atoms with Crippen LogP contribution >= 0.6 is 0 Å². The molecule has 1 aromatic rings. The van der Waals surface area contributed by atoms with E-state index in [9.17, 15) is 27.2 Å². The van der Waals surface area contributed by atoms with Crippen molar-refractivity contribution in [3.63, 3.8) is 0 Å². The number of amides is 2. The van der Waals surface area contributed by atoms with E-state index in [4.69, 9.17) is 5.11 Å². The Morgan fingerprint density at radius 2 is 1.90 bits per heavy atom. The van der Waals surface area contributed by atoms with E-state index in [0.717, 1.165) is 12.1 Å². The summed E-state index contributed by atoms with van der Waals surface area (Å²) in [6, 6.07) is 0.785. The first-order valence-electron chi connectivity index (χ1n) is 5.33. The lowest BCUT2D eigenvalue weighted by atomic mass is 10.1. The Bertz CT molecular complexity index is 517. The fraction of sp³-hybridized carbons (Fsp3) is 0.273. The zero-order valence-electron chi connectivity index (χ0n) is 9.92. The number of alkyl halides is 3. The first kappa shape index (κ1) is 15.7. The summed E-state index contributed by atoms with van der Waals surface area (Å²) < 4.78 is 50.7. The lowest BCUT2D eigenvalue weighted by Gasteiger charge is -2.14. The number of benzene rings is 1. The van der Waals surface area contributed by atoms with Gasteiger partial charge in [-0.05, 0) is 18.2 Å². The van der Waals surface area contributed by atoms with E-state index in [1.807, 2.05) is 5.32 Å². The molecule has 0 bridgehead atoms. The van der Waals surface area contributed by atoms with Gasteiger partial charge in [-0.15, -0.1) is 0 Å². The Balaban J connectivity index is 2.77. The van der Waals surface area contributed by atoms with Gasteiger partial charge in [0.1, 0.15) is 5.82 Å². The SMILES string of the molecule is O=C(O)CCNC(=O)Nc1ccc(F)cc1C(F)(F)F. The zero-order chi connectivity index (χ0) is 15.3. The molecule has 0 heterocycles. The molecule has 1 rings (SSSR count). The second kappa shape index (κ2) is 6.22. The summed E-state index contributed by atoms with van der Waals surface area (Å²) in [5.74, 6) is -2.25. The third kappa shape index (κ3) is 4.75. The van der Waals surface area contributed by atoms with Gasteiger partial charge in [-0.3, -0.25) is 4.79 Å². The normalized spacial score (nSPS) is 11.0. The van der Waals surface area contributed by atoms with Crippen LogP contribution in [0.2, 0.25) is 0 Å². The summed E-state index contributed by atoms with van der Waals surface area (Å²) in [6.07, 6.45) is -5.20. The van der Waals surface area contributed by atoms with Gasteiger partial charge in [-0.1, -0.05) is 0 Å². The Labute approximate surface area is 110 Å². The molecule has 0 fully saturated rings. The van der Waals surface area contributed by atoms with Crippen LogP contribution in [0.25, 0.3) is 0 Å². The molecule has 0 radical (unpaired) electrons. The van der Waals surface area contributed by atoms with Crippen molar-refractivity contribution in [3.8, 4) is 0 Å². The van der Waals surface area contributed by atoms with Gasteiger partial charge >= 0.3 is 18.2 Å². The smallest absolute Gasteiger partial charge is 0.418 e. The van der Waals surface area contributed by atoms with Gasteiger partial charge in [-0.2, -0.15) is 13.2 Å². The number of carbonyl (C=O) groups is 2. The molecule has 0 aliphatic carbocycles. The minimum Gasteiger partial charge on any atom is -0.481 e. The maximum absolute atomic E-state index is 12.8. The molecule has 110 valence electrons. The summed E-state index contributed by atoms with van der Waals surface area (Å²) in [6.45, 7) is -0.246. The minimum absolute atomic E-state index is 0.246. The Morgan fingerprint density at radius 3 is 2.45 bits per heavy atom. The van der Waals surface area contributed by atoms with Crippen molar-refractivity contribution in [3.05, 3.63) is 29.6 Å². The molecule has 5 nitrogen and oxygen atoms in total.